The molecule has 2 rings (SSSR count). The van der Waals surface area contributed by atoms with Gasteiger partial charge in [-0.1, -0.05) is 13.8 Å². The molecule has 0 aromatic rings. The molecule has 2 fully saturated rings. The van der Waals surface area contributed by atoms with Crippen LogP contribution in [0.3, 0.4) is 0 Å². The molecule has 5 atom stereocenters. The van der Waals surface area contributed by atoms with Crippen LogP contribution in [0.15, 0.2) is 0 Å². The Balaban J connectivity index is 2.40. The van der Waals surface area contributed by atoms with E-state index in [2.05, 4.69) is 0 Å². The van der Waals surface area contributed by atoms with E-state index in [0.717, 1.165) is 0 Å². The normalized spacial score (nSPS) is 40.0. The summed E-state index contributed by atoms with van der Waals surface area (Å²) in [4.78, 5) is 13.5. The number of rotatable bonds is 3. The van der Waals surface area contributed by atoms with E-state index in [0.29, 0.717) is 13.1 Å². The van der Waals surface area contributed by atoms with Crippen molar-refractivity contribution in [1.82, 2.24) is 4.90 Å². The van der Waals surface area contributed by atoms with Gasteiger partial charge in [0, 0.05) is 18.5 Å². The summed E-state index contributed by atoms with van der Waals surface area (Å²) < 4.78 is 39.2. The van der Waals surface area contributed by atoms with Gasteiger partial charge in [-0.3, -0.25) is 0 Å². The van der Waals surface area contributed by atoms with E-state index in [9.17, 15) is 28.9 Å². The third-order valence-corrected chi connectivity index (χ3v) is 4.92. The monoisotopic (exact) mass is 353 g/mol. The first-order chi connectivity index (χ1) is 10.9. The highest BCUT2D eigenvalue weighted by Crippen LogP contribution is 2.54. The van der Waals surface area contributed by atoms with E-state index in [1.807, 2.05) is 0 Å². The maximum absolute atomic E-state index is 14.5. The number of hydrogen-bond donors (Lipinski definition) is 3. The third kappa shape index (κ3) is 2.67. The van der Waals surface area contributed by atoms with Crippen LogP contribution in [0.5, 0.6) is 0 Å². The van der Waals surface area contributed by atoms with E-state index in [4.69, 9.17) is 9.47 Å². The number of hydrogen-bond acceptors (Lipinski definition) is 6. The summed E-state index contributed by atoms with van der Waals surface area (Å²) in [5.41, 5.74) is -1.11. The molecule has 0 aromatic heterocycles. The SMILES string of the molecule is CCN(CC)C(=O)O[C@@H]1C(C)(C)C[C@H]2O[C@]1(O)C(F)(F)[C@H](O)[C@@H]2O. The minimum atomic E-state index is -4.21. The molecule has 1 amide bonds. The molecule has 2 heterocycles. The minimum Gasteiger partial charge on any atom is -0.439 e. The highest BCUT2D eigenvalue weighted by atomic mass is 19.3. The Bertz CT molecular complexity index is 498. The second-order valence-electron chi connectivity index (χ2n) is 7.04. The van der Waals surface area contributed by atoms with Crippen LogP contribution in [0, 0.1) is 5.41 Å². The van der Waals surface area contributed by atoms with Crippen LogP contribution in [-0.2, 0) is 9.47 Å². The molecule has 24 heavy (non-hydrogen) atoms. The number of fused-ring (bicyclic) bond motifs is 2. The molecule has 9 heteroatoms. The van der Waals surface area contributed by atoms with Gasteiger partial charge in [-0.15, -0.1) is 0 Å². The molecule has 0 spiro atoms. The molecular formula is C15H25F2NO6. The van der Waals surface area contributed by atoms with Crippen molar-refractivity contribution >= 4 is 6.09 Å². The van der Waals surface area contributed by atoms with Gasteiger partial charge >= 0.3 is 12.0 Å². The molecule has 2 saturated heterocycles. The van der Waals surface area contributed by atoms with E-state index in [1.165, 1.54) is 18.7 Å². The molecule has 2 aliphatic heterocycles. The quantitative estimate of drug-likeness (QED) is 0.691. The molecule has 3 N–H and O–H groups in total. The first kappa shape index (κ1) is 19.3. The molecule has 0 aliphatic carbocycles. The fourth-order valence-corrected chi connectivity index (χ4v) is 3.46. The van der Waals surface area contributed by atoms with Gasteiger partial charge in [0.25, 0.3) is 5.79 Å². The lowest BCUT2D eigenvalue weighted by molar-refractivity contribution is -0.452. The predicted molar refractivity (Wildman–Crippen MR) is 78.4 cm³/mol. The van der Waals surface area contributed by atoms with Crippen LogP contribution < -0.4 is 0 Å². The van der Waals surface area contributed by atoms with Crippen molar-refractivity contribution in [2.24, 2.45) is 5.41 Å². The van der Waals surface area contributed by atoms with Crippen molar-refractivity contribution in [2.45, 2.75) is 70.2 Å². The molecular weight excluding hydrogens is 328 g/mol. The topological polar surface area (TPSA) is 99.5 Å². The lowest BCUT2D eigenvalue weighted by Gasteiger charge is -2.58. The third-order valence-electron chi connectivity index (χ3n) is 4.92. The van der Waals surface area contributed by atoms with Gasteiger partial charge in [0.15, 0.2) is 12.2 Å². The zero-order valence-corrected chi connectivity index (χ0v) is 14.2. The summed E-state index contributed by atoms with van der Waals surface area (Å²) >= 11 is 0. The summed E-state index contributed by atoms with van der Waals surface area (Å²) in [6.45, 7) is 7.09. The predicted octanol–water partition coefficient (Wildman–Crippen LogP) is 0.708. The largest absolute Gasteiger partial charge is 0.439 e. The highest BCUT2D eigenvalue weighted by molar-refractivity contribution is 5.68. The van der Waals surface area contributed by atoms with Gasteiger partial charge in [0.1, 0.15) is 6.10 Å². The van der Waals surface area contributed by atoms with Gasteiger partial charge in [-0.2, -0.15) is 8.78 Å². The van der Waals surface area contributed by atoms with Crippen LogP contribution in [0.25, 0.3) is 0 Å². The lowest BCUT2D eigenvalue weighted by atomic mass is 9.68. The molecule has 0 saturated carbocycles. The summed E-state index contributed by atoms with van der Waals surface area (Å²) in [5, 5.41) is 30.1. The van der Waals surface area contributed by atoms with Crippen molar-refractivity contribution in [3.05, 3.63) is 0 Å². The van der Waals surface area contributed by atoms with Crippen LogP contribution in [0.2, 0.25) is 0 Å². The number of carbonyl (C=O) groups excluding carboxylic acids is 1. The van der Waals surface area contributed by atoms with E-state index in [-0.39, 0.29) is 6.42 Å². The summed E-state index contributed by atoms with van der Waals surface area (Å²) in [5.74, 6) is -7.43. The second kappa shape index (κ2) is 6.05. The van der Waals surface area contributed by atoms with Gasteiger partial charge in [-0.25, -0.2) is 4.79 Å². The van der Waals surface area contributed by atoms with Crippen LogP contribution in [0.1, 0.15) is 34.1 Å². The van der Waals surface area contributed by atoms with Crippen LogP contribution >= 0.6 is 0 Å². The average Bonchev–Trinajstić information content (AvgIpc) is 2.48. The zero-order chi connectivity index (χ0) is 18.5. The van der Waals surface area contributed by atoms with Crippen molar-refractivity contribution in [3.8, 4) is 0 Å². The first-order valence-corrected chi connectivity index (χ1v) is 8.02. The number of alkyl halides is 2. The van der Waals surface area contributed by atoms with Gasteiger partial charge in [-0.05, 0) is 20.3 Å². The Morgan fingerprint density at radius 1 is 1.29 bits per heavy atom. The Labute approximate surface area is 139 Å². The summed E-state index contributed by atoms with van der Waals surface area (Å²) in [7, 11) is 0. The van der Waals surface area contributed by atoms with E-state index in [1.54, 1.807) is 13.8 Å². The molecule has 2 bridgehead atoms. The van der Waals surface area contributed by atoms with Crippen molar-refractivity contribution in [3.63, 3.8) is 0 Å². The summed E-state index contributed by atoms with van der Waals surface area (Å²) in [6.07, 6.45) is -8.11. The fraction of sp³-hybridized carbons (Fsp3) is 0.933. The van der Waals surface area contributed by atoms with Gasteiger partial charge in [0.05, 0.1) is 6.10 Å². The van der Waals surface area contributed by atoms with E-state index >= 15 is 0 Å². The molecule has 140 valence electrons. The highest BCUT2D eigenvalue weighted by Gasteiger charge is 2.75. The Morgan fingerprint density at radius 3 is 2.33 bits per heavy atom. The first-order valence-electron chi connectivity index (χ1n) is 8.02. The van der Waals surface area contributed by atoms with Crippen LogP contribution in [0.4, 0.5) is 13.6 Å². The molecule has 0 radical (unpaired) electrons. The van der Waals surface area contributed by atoms with Crippen LogP contribution in [-0.4, -0.2) is 75.5 Å². The number of aliphatic hydroxyl groups excluding tert-OH is 2. The molecule has 2 aliphatic rings. The van der Waals surface area contributed by atoms with Gasteiger partial charge < -0.3 is 29.7 Å². The number of carbonyl (C=O) groups is 1. The van der Waals surface area contributed by atoms with Gasteiger partial charge in [0.2, 0.25) is 0 Å². The maximum Gasteiger partial charge on any atom is 0.410 e. The number of aliphatic hydroxyl groups is 3. The van der Waals surface area contributed by atoms with E-state index < -0.39 is 47.6 Å². The smallest absolute Gasteiger partial charge is 0.410 e. The lowest BCUT2D eigenvalue weighted by Crippen LogP contribution is -2.78. The summed E-state index contributed by atoms with van der Waals surface area (Å²) in [6, 6.07) is 0. The Morgan fingerprint density at radius 2 is 1.83 bits per heavy atom. The molecule has 0 unspecified atom stereocenters. The maximum atomic E-state index is 14.5. The second-order valence-corrected chi connectivity index (χ2v) is 7.04. The standard InChI is InChI=1S/C15H25F2NO6/c1-5-18(6-2)12(21)23-11-13(3,4)7-8-9(19)10(20)14(16,17)15(11,22)24-8/h8-11,19-20,22H,5-7H2,1-4H3/t8-,9-,10-,11-,15+/m1/s1. The average molecular weight is 353 g/mol. The Kier molecular flexibility index (Phi) is 4.86. The van der Waals surface area contributed by atoms with Crippen molar-refractivity contribution in [2.75, 3.05) is 13.1 Å². The fourth-order valence-electron chi connectivity index (χ4n) is 3.46. The number of amides is 1. The number of nitrogens with zero attached hydrogens (tertiary/aromatic N) is 1. The van der Waals surface area contributed by atoms with Crippen molar-refractivity contribution < 1.29 is 38.4 Å². The zero-order valence-electron chi connectivity index (χ0n) is 14.2. The number of ether oxygens (including phenoxy) is 2. The minimum absolute atomic E-state index is 0.0276. The van der Waals surface area contributed by atoms with Crippen molar-refractivity contribution in [1.29, 1.82) is 0 Å². The number of halogens is 2. The molecule has 7 nitrogen and oxygen atoms in total. The molecule has 0 aromatic carbocycles. The Hall–Kier alpha value is -1.03.